The Labute approximate surface area is 224 Å². The quantitative estimate of drug-likeness (QED) is 0.376. The van der Waals surface area contributed by atoms with Crippen LogP contribution < -0.4 is 0 Å². The van der Waals surface area contributed by atoms with Gasteiger partial charge in [-0.1, -0.05) is 18.2 Å². The molecule has 37 heavy (non-hydrogen) atoms. The number of aromatic nitrogens is 1. The maximum atomic E-state index is 13.4. The van der Waals surface area contributed by atoms with Gasteiger partial charge in [0, 0.05) is 23.4 Å². The van der Waals surface area contributed by atoms with Crippen LogP contribution >= 0.6 is 23.1 Å². The van der Waals surface area contributed by atoms with Gasteiger partial charge in [-0.3, -0.25) is 9.69 Å². The lowest BCUT2D eigenvalue weighted by molar-refractivity contribution is -0.122. The fourth-order valence-corrected chi connectivity index (χ4v) is 7.41. The highest BCUT2D eigenvalue weighted by Crippen LogP contribution is 2.40. The first kappa shape index (κ1) is 25.5. The van der Waals surface area contributed by atoms with Gasteiger partial charge < -0.3 is 14.4 Å². The van der Waals surface area contributed by atoms with E-state index in [0.717, 1.165) is 58.9 Å². The molecule has 1 aromatic carbocycles. The number of carbonyl (C=O) groups excluding carboxylic acids is 1. The molecule has 1 aliphatic carbocycles. The number of methoxy groups -OCH3 is 1. The number of carboxylic acid groups (broad SMARTS) is 1. The zero-order chi connectivity index (χ0) is 26.1. The van der Waals surface area contributed by atoms with Crippen molar-refractivity contribution in [1.29, 1.82) is 0 Å². The number of amidine groups is 1. The van der Waals surface area contributed by atoms with Crippen LogP contribution in [0, 0.1) is 13.8 Å². The van der Waals surface area contributed by atoms with Crippen LogP contribution in [0.5, 0.6) is 0 Å². The van der Waals surface area contributed by atoms with E-state index in [1.807, 2.05) is 60.9 Å². The number of aryl methyl sites for hydroxylation is 2. The number of hydrogen-bond donors (Lipinski definition) is 1. The number of amides is 1. The van der Waals surface area contributed by atoms with Crippen molar-refractivity contribution in [1.82, 2.24) is 9.47 Å². The topological polar surface area (TPSA) is 84.1 Å². The van der Waals surface area contributed by atoms with Crippen LogP contribution in [0.3, 0.4) is 0 Å². The molecule has 3 heterocycles. The number of thioether (sulfide) groups is 1. The van der Waals surface area contributed by atoms with Crippen LogP contribution in [0.1, 0.15) is 50.6 Å². The standard InChI is InChI=1S/C28H29N3O4S2/c1-17-15-19(18(2)31(17)26-24(27(33)34)21-11-7-8-12-22(21)36-26)16-23-25(32)30(13-14-35-3)28(37-23)29-20-9-5-4-6-10-20/h4-6,9-10,15-16H,7-8,11-14H2,1-3H3,(H,33,34)/b23-16-,29-28?. The third kappa shape index (κ3) is 4.91. The second-order valence-corrected chi connectivity index (χ2v) is 11.2. The molecule has 1 aliphatic heterocycles. The Balaban J connectivity index is 1.54. The van der Waals surface area contributed by atoms with Crippen LogP contribution in [0.2, 0.25) is 0 Å². The van der Waals surface area contributed by atoms with Crippen molar-refractivity contribution in [2.45, 2.75) is 39.5 Å². The van der Waals surface area contributed by atoms with E-state index in [9.17, 15) is 14.7 Å². The molecule has 0 bridgehead atoms. The van der Waals surface area contributed by atoms with Crippen molar-refractivity contribution in [3.63, 3.8) is 0 Å². The van der Waals surface area contributed by atoms with Gasteiger partial charge in [-0.2, -0.15) is 0 Å². The summed E-state index contributed by atoms with van der Waals surface area (Å²) < 4.78 is 7.26. The number of para-hydroxylation sites is 1. The van der Waals surface area contributed by atoms with Crippen LogP contribution in [-0.4, -0.2) is 51.9 Å². The molecular formula is C28H29N3O4S2. The molecule has 0 unspecified atom stereocenters. The SMILES string of the molecule is COCCN1C(=O)/C(=C/c2cc(C)n(-c3sc4c(c3C(=O)O)CCCC4)c2C)SC1=Nc1ccccc1. The van der Waals surface area contributed by atoms with Crippen LogP contribution in [0.15, 0.2) is 46.3 Å². The smallest absolute Gasteiger partial charge is 0.339 e. The van der Waals surface area contributed by atoms with E-state index in [2.05, 4.69) is 0 Å². The lowest BCUT2D eigenvalue weighted by Crippen LogP contribution is -2.32. The van der Waals surface area contributed by atoms with Crippen LogP contribution in [-0.2, 0) is 22.4 Å². The Kier molecular flexibility index (Phi) is 7.37. The molecule has 5 rings (SSSR count). The minimum Gasteiger partial charge on any atom is -0.478 e. The predicted molar refractivity (Wildman–Crippen MR) is 149 cm³/mol. The first-order valence-electron chi connectivity index (χ1n) is 12.3. The average Bonchev–Trinajstić information content (AvgIpc) is 3.49. The minimum atomic E-state index is -0.876. The average molecular weight is 536 g/mol. The van der Waals surface area contributed by atoms with Gasteiger partial charge in [-0.25, -0.2) is 9.79 Å². The normalized spacial score (nSPS) is 17.7. The van der Waals surface area contributed by atoms with Gasteiger partial charge in [0.25, 0.3) is 5.91 Å². The summed E-state index contributed by atoms with van der Waals surface area (Å²) in [6.45, 7) is 4.78. The molecule has 0 saturated carbocycles. The van der Waals surface area contributed by atoms with Crippen LogP contribution in [0.25, 0.3) is 11.1 Å². The molecule has 192 valence electrons. The number of carbonyl (C=O) groups is 2. The molecule has 9 heteroatoms. The number of rotatable bonds is 7. The van der Waals surface area contributed by atoms with E-state index in [1.165, 1.54) is 16.6 Å². The zero-order valence-corrected chi connectivity index (χ0v) is 22.7. The lowest BCUT2D eigenvalue weighted by atomic mass is 9.95. The molecule has 3 aromatic rings. The van der Waals surface area contributed by atoms with Gasteiger partial charge in [0.2, 0.25) is 0 Å². The largest absolute Gasteiger partial charge is 0.478 e. The highest BCUT2D eigenvalue weighted by atomic mass is 32.2. The van der Waals surface area contributed by atoms with E-state index in [1.54, 1.807) is 23.3 Å². The summed E-state index contributed by atoms with van der Waals surface area (Å²) in [5, 5.41) is 11.5. The highest BCUT2D eigenvalue weighted by molar-refractivity contribution is 8.18. The lowest BCUT2D eigenvalue weighted by Gasteiger charge is -2.14. The zero-order valence-electron chi connectivity index (χ0n) is 21.1. The fourth-order valence-electron chi connectivity index (χ4n) is 4.90. The van der Waals surface area contributed by atoms with E-state index in [0.29, 0.717) is 28.8 Å². The van der Waals surface area contributed by atoms with E-state index >= 15 is 0 Å². The second kappa shape index (κ2) is 10.7. The van der Waals surface area contributed by atoms with Gasteiger partial charge in [0.05, 0.1) is 29.3 Å². The number of aromatic carboxylic acids is 1. The molecule has 1 saturated heterocycles. The number of hydrogen-bond acceptors (Lipinski definition) is 6. The van der Waals surface area contributed by atoms with Crippen LogP contribution in [0.4, 0.5) is 5.69 Å². The second-order valence-electron chi connectivity index (χ2n) is 9.15. The predicted octanol–water partition coefficient (Wildman–Crippen LogP) is 5.98. The summed E-state index contributed by atoms with van der Waals surface area (Å²) in [7, 11) is 1.61. The van der Waals surface area contributed by atoms with E-state index in [4.69, 9.17) is 9.73 Å². The number of benzene rings is 1. The van der Waals surface area contributed by atoms with Crippen molar-refractivity contribution < 1.29 is 19.4 Å². The number of fused-ring (bicyclic) bond motifs is 1. The van der Waals surface area contributed by atoms with Crippen molar-refractivity contribution in [2.24, 2.45) is 4.99 Å². The summed E-state index contributed by atoms with van der Waals surface area (Å²) in [5.41, 5.74) is 4.94. The first-order chi connectivity index (χ1) is 17.9. The Hall–Kier alpha value is -3.14. The summed E-state index contributed by atoms with van der Waals surface area (Å²) in [6.07, 6.45) is 5.76. The Bertz CT molecular complexity index is 1420. The van der Waals surface area contributed by atoms with E-state index in [-0.39, 0.29) is 5.91 Å². The molecule has 2 aromatic heterocycles. The third-order valence-corrected chi connectivity index (χ3v) is 9.00. The van der Waals surface area contributed by atoms with Crippen molar-refractivity contribution in [3.8, 4) is 5.00 Å². The van der Waals surface area contributed by atoms with Gasteiger partial charge in [-0.15, -0.1) is 11.3 Å². The van der Waals surface area contributed by atoms with Crippen molar-refractivity contribution >= 4 is 51.9 Å². The van der Waals surface area contributed by atoms with Gasteiger partial charge in [0.1, 0.15) is 5.00 Å². The first-order valence-corrected chi connectivity index (χ1v) is 13.9. The van der Waals surface area contributed by atoms with Gasteiger partial charge in [-0.05, 0) is 86.7 Å². The van der Waals surface area contributed by atoms with Crippen molar-refractivity contribution in [2.75, 3.05) is 20.3 Å². The Morgan fingerprint density at radius 1 is 1.19 bits per heavy atom. The number of aliphatic imine (C=N–C) groups is 1. The molecule has 7 nitrogen and oxygen atoms in total. The molecule has 1 amide bonds. The number of carboxylic acids is 1. The maximum absolute atomic E-state index is 13.4. The summed E-state index contributed by atoms with van der Waals surface area (Å²) in [4.78, 5) is 33.8. The Morgan fingerprint density at radius 3 is 2.68 bits per heavy atom. The molecule has 1 N–H and O–H groups in total. The van der Waals surface area contributed by atoms with E-state index < -0.39 is 5.97 Å². The highest BCUT2D eigenvalue weighted by Gasteiger charge is 2.34. The van der Waals surface area contributed by atoms with Gasteiger partial charge in [0.15, 0.2) is 5.17 Å². The molecule has 0 radical (unpaired) electrons. The molecule has 0 atom stereocenters. The molecule has 2 aliphatic rings. The molecular weight excluding hydrogens is 506 g/mol. The number of thiophene rings is 1. The summed E-state index contributed by atoms with van der Waals surface area (Å²) >= 11 is 2.94. The minimum absolute atomic E-state index is 0.112. The summed E-state index contributed by atoms with van der Waals surface area (Å²) in [5.74, 6) is -0.988. The number of nitrogens with zero attached hydrogens (tertiary/aromatic N) is 3. The monoisotopic (exact) mass is 535 g/mol. The number of ether oxygens (including phenoxy) is 1. The van der Waals surface area contributed by atoms with Gasteiger partial charge >= 0.3 is 5.97 Å². The molecule has 0 spiro atoms. The fraction of sp³-hybridized carbons (Fsp3) is 0.321. The van der Waals surface area contributed by atoms with Crippen molar-refractivity contribution in [3.05, 3.63) is 74.3 Å². The third-order valence-electron chi connectivity index (χ3n) is 6.71. The summed E-state index contributed by atoms with van der Waals surface area (Å²) in [6, 6.07) is 11.6. The maximum Gasteiger partial charge on any atom is 0.339 e. The Morgan fingerprint density at radius 2 is 1.95 bits per heavy atom. The molecule has 1 fully saturated rings.